The first-order chi connectivity index (χ1) is 11.8. The molecule has 1 aliphatic rings. The van der Waals surface area contributed by atoms with E-state index in [1.807, 2.05) is 6.26 Å². The highest BCUT2D eigenvalue weighted by Crippen LogP contribution is 2.25. The fourth-order valence-electron chi connectivity index (χ4n) is 2.41. The Morgan fingerprint density at radius 1 is 1.36 bits per heavy atom. The average molecular weight is 443 g/mol. The maximum atomic E-state index is 12.8. The van der Waals surface area contributed by atoms with Crippen LogP contribution in [-0.2, 0) is 14.8 Å². The summed E-state index contributed by atoms with van der Waals surface area (Å²) in [6, 6.07) is 3.43. The lowest BCUT2D eigenvalue weighted by molar-refractivity contribution is -0.132. The first-order valence-corrected chi connectivity index (χ1v) is 12.5. The Labute approximate surface area is 167 Å². The van der Waals surface area contributed by atoms with Gasteiger partial charge in [0.15, 0.2) is 0 Å². The molecular formula is C15H20Cl2N2O3S3. The molecule has 1 amide bonds. The largest absolute Gasteiger partial charge is 0.340 e. The quantitative estimate of drug-likeness (QED) is 0.702. The molecule has 0 radical (unpaired) electrons. The Kier molecular flexibility index (Phi) is 8.23. The van der Waals surface area contributed by atoms with E-state index < -0.39 is 16.1 Å². The Bertz CT molecular complexity index is 710. The van der Waals surface area contributed by atoms with E-state index in [-0.39, 0.29) is 20.8 Å². The normalized spacial score (nSPS) is 16.7. The van der Waals surface area contributed by atoms with Crippen LogP contribution in [0.4, 0.5) is 0 Å². The van der Waals surface area contributed by atoms with Gasteiger partial charge in [0, 0.05) is 29.6 Å². The van der Waals surface area contributed by atoms with Gasteiger partial charge >= 0.3 is 0 Å². The van der Waals surface area contributed by atoms with Gasteiger partial charge in [0.2, 0.25) is 15.9 Å². The molecule has 1 aliphatic heterocycles. The van der Waals surface area contributed by atoms with Crippen molar-refractivity contribution in [1.29, 1.82) is 0 Å². The average Bonchev–Trinajstić information content (AvgIpc) is 2.60. The Hall–Kier alpha value is -0.120. The van der Waals surface area contributed by atoms with Crippen molar-refractivity contribution in [3.63, 3.8) is 0 Å². The van der Waals surface area contributed by atoms with Crippen LogP contribution in [0.3, 0.4) is 0 Å². The van der Waals surface area contributed by atoms with Crippen LogP contribution in [-0.4, -0.2) is 61.9 Å². The molecule has 1 unspecified atom stereocenters. The zero-order valence-electron chi connectivity index (χ0n) is 13.7. The van der Waals surface area contributed by atoms with Gasteiger partial charge in [0.05, 0.1) is 5.02 Å². The fraction of sp³-hybridized carbons (Fsp3) is 0.533. The van der Waals surface area contributed by atoms with Gasteiger partial charge in [0.25, 0.3) is 0 Å². The van der Waals surface area contributed by atoms with Gasteiger partial charge in [-0.3, -0.25) is 4.79 Å². The van der Waals surface area contributed by atoms with Crippen LogP contribution in [0.2, 0.25) is 10.0 Å². The monoisotopic (exact) mass is 442 g/mol. The van der Waals surface area contributed by atoms with Crippen molar-refractivity contribution in [2.75, 3.05) is 36.6 Å². The molecule has 5 nitrogen and oxygen atoms in total. The SMILES string of the molecule is CSCCC(NS(=O)(=O)c1cc(Cl)ccc1Cl)C(=O)N1CCSCC1. The number of nitrogens with zero attached hydrogens (tertiary/aromatic N) is 1. The summed E-state index contributed by atoms with van der Waals surface area (Å²) in [6.07, 6.45) is 2.34. The first kappa shape index (κ1) is 21.2. The second kappa shape index (κ2) is 9.71. The molecule has 10 heteroatoms. The molecule has 1 aromatic rings. The number of hydrogen-bond acceptors (Lipinski definition) is 5. The number of sulfonamides is 1. The van der Waals surface area contributed by atoms with Gasteiger partial charge in [-0.1, -0.05) is 23.2 Å². The van der Waals surface area contributed by atoms with Gasteiger partial charge in [-0.15, -0.1) is 0 Å². The van der Waals surface area contributed by atoms with Crippen molar-refractivity contribution >= 4 is 62.7 Å². The second-order valence-electron chi connectivity index (χ2n) is 5.47. The summed E-state index contributed by atoms with van der Waals surface area (Å²) < 4.78 is 28.0. The topological polar surface area (TPSA) is 66.5 Å². The van der Waals surface area contributed by atoms with Crippen LogP contribution in [0.1, 0.15) is 6.42 Å². The lowest BCUT2D eigenvalue weighted by atomic mass is 10.2. The number of benzene rings is 1. The molecule has 1 fully saturated rings. The number of rotatable bonds is 7. The van der Waals surface area contributed by atoms with E-state index in [0.717, 1.165) is 11.5 Å². The van der Waals surface area contributed by atoms with Crippen LogP contribution in [0.15, 0.2) is 23.1 Å². The molecule has 1 N–H and O–H groups in total. The van der Waals surface area contributed by atoms with Crippen LogP contribution in [0, 0.1) is 0 Å². The van der Waals surface area contributed by atoms with Gasteiger partial charge < -0.3 is 4.90 Å². The van der Waals surface area contributed by atoms with E-state index >= 15 is 0 Å². The number of halogens is 2. The molecule has 1 saturated heterocycles. The second-order valence-corrected chi connectivity index (χ2v) is 10.2. The van der Waals surface area contributed by atoms with Crippen molar-refractivity contribution in [3.05, 3.63) is 28.2 Å². The highest BCUT2D eigenvalue weighted by Gasteiger charge is 2.30. The number of amides is 1. The smallest absolute Gasteiger partial charge is 0.242 e. The lowest BCUT2D eigenvalue weighted by Gasteiger charge is -2.30. The molecular weight excluding hydrogens is 423 g/mol. The van der Waals surface area contributed by atoms with Crippen LogP contribution in [0.5, 0.6) is 0 Å². The van der Waals surface area contributed by atoms with Crippen molar-refractivity contribution in [1.82, 2.24) is 9.62 Å². The van der Waals surface area contributed by atoms with Gasteiger partial charge in [0.1, 0.15) is 10.9 Å². The highest BCUT2D eigenvalue weighted by molar-refractivity contribution is 7.99. The van der Waals surface area contributed by atoms with Crippen molar-refractivity contribution < 1.29 is 13.2 Å². The summed E-state index contributed by atoms with van der Waals surface area (Å²) in [5.74, 6) is 2.23. The maximum absolute atomic E-state index is 12.8. The minimum atomic E-state index is -3.96. The molecule has 1 aromatic carbocycles. The van der Waals surface area contributed by atoms with Gasteiger partial charge in [-0.05, 0) is 36.6 Å². The molecule has 1 heterocycles. The molecule has 140 valence electrons. The molecule has 25 heavy (non-hydrogen) atoms. The molecule has 0 saturated carbocycles. The Morgan fingerprint density at radius 3 is 2.68 bits per heavy atom. The van der Waals surface area contributed by atoms with Crippen molar-refractivity contribution in [2.45, 2.75) is 17.4 Å². The van der Waals surface area contributed by atoms with E-state index in [9.17, 15) is 13.2 Å². The Morgan fingerprint density at radius 2 is 2.04 bits per heavy atom. The van der Waals surface area contributed by atoms with Gasteiger partial charge in [-0.25, -0.2) is 8.42 Å². The number of carbonyl (C=O) groups is 1. The maximum Gasteiger partial charge on any atom is 0.242 e. The number of nitrogens with one attached hydrogen (secondary N) is 1. The first-order valence-electron chi connectivity index (χ1n) is 7.68. The molecule has 0 aromatic heterocycles. The predicted octanol–water partition coefficient (Wildman–Crippen LogP) is 2.97. The highest BCUT2D eigenvalue weighted by atomic mass is 35.5. The molecule has 0 aliphatic carbocycles. The van der Waals surface area contributed by atoms with Crippen LogP contribution < -0.4 is 4.72 Å². The molecule has 0 bridgehead atoms. The molecule has 1 atom stereocenters. The zero-order valence-corrected chi connectivity index (χ0v) is 17.7. The zero-order chi connectivity index (χ0) is 18.4. The van der Waals surface area contributed by atoms with Crippen molar-refractivity contribution in [3.8, 4) is 0 Å². The fourth-order valence-corrected chi connectivity index (χ4v) is 5.77. The van der Waals surface area contributed by atoms with E-state index in [0.29, 0.717) is 25.3 Å². The summed E-state index contributed by atoms with van der Waals surface area (Å²) >= 11 is 15.3. The third-order valence-electron chi connectivity index (χ3n) is 3.71. The van der Waals surface area contributed by atoms with E-state index in [1.165, 1.54) is 18.2 Å². The van der Waals surface area contributed by atoms with Gasteiger partial charge in [-0.2, -0.15) is 28.2 Å². The minimum Gasteiger partial charge on any atom is -0.340 e. The summed E-state index contributed by atoms with van der Waals surface area (Å²) in [5.41, 5.74) is 0. The summed E-state index contributed by atoms with van der Waals surface area (Å²) in [7, 11) is -3.96. The molecule has 2 rings (SSSR count). The summed E-state index contributed by atoms with van der Waals surface area (Å²) in [6.45, 7) is 1.28. The Balaban J connectivity index is 2.22. The minimum absolute atomic E-state index is 0.0716. The number of thioether (sulfide) groups is 2. The standard InChI is InChI=1S/C15H20Cl2N2O3S3/c1-23-7-4-13(15(20)19-5-8-24-9-6-19)18-25(21,22)14-10-11(16)2-3-12(14)17/h2-3,10,13,18H,4-9H2,1H3. The summed E-state index contributed by atoms with van der Waals surface area (Å²) in [5, 5.41) is 0.340. The number of hydrogen-bond donors (Lipinski definition) is 1. The van der Waals surface area contributed by atoms with E-state index in [2.05, 4.69) is 4.72 Å². The third-order valence-corrected chi connectivity index (χ3v) is 7.49. The van der Waals surface area contributed by atoms with Crippen LogP contribution >= 0.6 is 46.7 Å². The third kappa shape index (κ3) is 5.94. The summed E-state index contributed by atoms with van der Waals surface area (Å²) in [4.78, 5) is 14.4. The van der Waals surface area contributed by atoms with E-state index in [1.54, 1.807) is 28.4 Å². The lowest BCUT2D eigenvalue weighted by Crippen LogP contribution is -2.51. The van der Waals surface area contributed by atoms with Crippen molar-refractivity contribution in [2.24, 2.45) is 0 Å². The van der Waals surface area contributed by atoms with Crippen LogP contribution in [0.25, 0.3) is 0 Å². The molecule has 0 spiro atoms. The number of carbonyl (C=O) groups excluding carboxylic acids is 1. The predicted molar refractivity (Wildman–Crippen MR) is 107 cm³/mol. The van der Waals surface area contributed by atoms with E-state index in [4.69, 9.17) is 23.2 Å².